The molecule has 4 N–H and O–H groups in total. The van der Waals surface area contributed by atoms with Crippen molar-refractivity contribution in [2.45, 2.75) is 38.3 Å². The van der Waals surface area contributed by atoms with Crippen LogP contribution in [0.1, 0.15) is 41.7 Å². The van der Waals surface area contributed by atoms with Gasteiger partial charge >= 0.3 is 0 Å². The summed E-state index contributed by atoms with van der Waals surface area (Å²) in [4.78, 5) is 18.0. The zero-order valence-corrected chi connectivity index (χ0v) is 11.6. The fourth-order valence-electron chi connectivity index (χ4n) is 2.69. The first-order valence-electron chi connectivity index (χ1n) is 7.05. The summed E-state index contributed by atoms with van der Waals surface area (Å²) in [5.41, 5.74) is 3.48. The molecule has 1 aromatic heterocycles. The highest BCUT2D eigenvalue weighted by Gasteiger charge is 2.22. The van der Waals surface area contributed by atoms with E-state index in [9.17, 15) is 4.79 Å². The van der Waals surface area contributed by atoms with E-state index in [1.165, 1.54) is 12.8 Å². The van der Waals surface area contributed by atoms with Crippen molar-refractivity contribution >= 4 is 5.91 Å². The molecule has 0 bridgehead atoms. The smallest absolute Gasteiger partial charge is 0.266 e. The second-order valence-electron chi connectivity index (χ2n) is 5.14. The molecule has 2 heterocycles. The Balaban J connectivity index is 1.99. The van der Waals surface area contributed by atoms with E-state index in [0.29, 0.717) is 11.6 Å². The minimum Gasteiger partial charge on any atom is -0.396 e. The topological polar surface area (TPSA) is 91.5 Å². The Morgan fingerprint density at radius 1 is 1.50 bits per heavy atom. The van der Waals surface area contributed by atoms with Crippen LogP contribution in [-0.4, -0.2) is 40.1 Å². The number of nitrogen functional groups attached to an aromatic ring is 1. The Labute approximate surface area is 119 Å². The molecule has 2 rings (SSSR count). The Bertz CT molecular complexity index is 433. The van der Waals surface area contributed by atoms with Crippen molar-refractivity contribution in [3.63, 3.8) is 0 Å². The van der Waals surface area contributed by atoms with E-state index in [1.807, 2.05) is 6.07 Å². The summed E-state index contributed by atoms with van der Waals surface area (Å²) in [5.74, 6) is 4.75. The number of hydrogen-bond donors (Lipinski definition) is 3. The van der Waals surface area contributed by atoms with Gasteiger partial charge < -0.3 is 5.11 Å². The van der Waals surface area contributed by atoms with Crippen molar-refractivity contribution in [1.82, 2.24) is 15.3 Å². The molecule has 6 heteroatoms. The minimum atomic E-state index is -0.333. The molecule has 1 fully saturated rings. The van der Waals surface area contributed by atoms with Gasteiger partial charge in [-0.3, -0.25) is 20.1 Å². The summed E-state index contributed by atoms with van der Waals surface area (Å²) < 4.78 is 0. The highest BCUT2D eigenvalue weighted by atomic mass is 16.3. The first-order chi connectivity index (χ1) is 9.74. The molecule has 0 aromatic carbocycles. The van der Waals surface area contributed by atoms with Crippen LogP contribution in [0.5, 0.6) is 0 Å². The van der Waals surface area contributed by atoms with Gasteiger partial charge in [0.15, 0.2) is 0 Å². The average Bonchev–Trinajstić information content (AvgIpc) is 2.49. The summed E-state index contributed by atoms with van der Waals surface area (Å²) in [7, 11) is 0. The molecule has 0 radical (unpaired) electrons. The van der Waals surface area contributed by atoms with Gasteiger partial charge in [0, 0.05) is 25.4 Å². The average molecular weight is 278 g/mol. The molecule has 1 unspecified atom stereocenters. The Kier molecular flexibility index (Phi) is 5.46. The number of carbonyl (C=O) groups excluding carboxylic acids is 1. The molecular weight excluding hydrogens is 256 g/mol. The Hall–Kier alpha value is -1.50. The summed E-state index contributed by atoms with van der Waals surface area (Å²) in [6, 6.07) is 4.02. The normalized spacial score (nSPS) is 19.8. The van der Waals surface area contributed by atoms with Gasteiger partial charge in [0.05, 0.1) is 11.3 Å². The lowest BCUT2D eigenvalue weighted by atomic mass is 9.99. The number of hydrogen-bond acceptors (Lipinski definition) is 5. The lowest BCUT2D eigenvalue weighted by Crippen LogP contribution is -2.39. The van der Waals surface area contributed by atoms with Crippen molar-refractivity contribution in [1.29, 1.82) is 0 Å². The SMILES string of the molecule is NNC(=O)c1ccc(CN2CCCCC2CCO)nc1. The van der Waals surface area contributed by atoms with Crippen LogP contribution in [0.25, 0.3) is 0 Å². The van der Waals surface area contributed by atoms with Gasteiger partial charge in [-0.15, -0.1) is 0 Å². The van der Waals surface area contributed by atoms with Crippen LogP contribution in [0.4, 0.5) is 0 Å². The van der Waals surface area contributed by atoms with Gasteiger partial charge in [0.1, 0.15) is 0 Å². The lowest BCUT2D eigenvalue weighted by Gasteiger charge is -2.35. The van der Waals surface area contributed by atoms with E-state index >= 15 is 0 Å². The fourth-order valence-corrected chi connectivity index (χ4v) is 2.69. The standard InChI is InChI=1S/C14H22N4O2/c15-17-14(20)11-4-5-12(16-9-11)10-18-7-2-1-3-13(18)6-8-19/h4-5,9,13,19H,1-3,6-8,10,15H2,(H,17,20). The van der Waals surface area contributed by atoms with Gasteiger partial charge in [-0.2, -0.15) is 0 Å². The van der Waals surface area contributed by atoms with Crippen molar-refractivity contribution in [2.24, 2.45) is 5.84 Å². The Morgan fingerprint density at radius 2 is 2.35 bits per heavy atom. The van der Waals surface area contributed by atoms with Crippen LogP contribution in [0, 0.1) is 0 Å². The van der Waals surface area contributed by atoms with Crippen molar-refractivity contribution in [3.8, 4) is 0 Å². The summed E-state index contributed by atoms with van der Waals surface area (Å²) >= 11 is 0. The number of hydrazine groups is 1. The number of rotatable bonds is 5. The fraction of sp³-hybridized carbons (Fsp3) is 0.571. The second kappa shape index (κ2) is 7.33. The zero-order valence-electron chi connectivity index (χ0n) is 11.6. The molecule has 0 aliphatic carbocycles. The molecule has 0 spiro atoms. The minimum absolute atomic E-state index is 0.226. The summed E-state index contributed by atoms with van der Waals surface area (Å²) in [6.07, 6.45) is 5.91. The van der Waals surface area contributed by atoms with Crippen molar-refractivity contribution in [2.75, 3.05) is 13.2 Å². The van der Waals surface area contributed by atoms with Crippen LogP contribution < -0.4 is 11.3 Å². The van der Waals surface area contributed by atoms with E-state index in [2.05, 4.69) is 15.3 Å². The highest BCUT2D eigenvalue weighted by Crippen LogP contribution is 2.21. The number of nitrogens with one attached hydrogen (secondary N) is 1. The maximum Gasteiger partial charge on any atom is 0.266 e. The third-order valence-corrected chi connectivity index (χ3v) is 3.79. The first kappa shape index (κ1) is 14.9. The number of piperidine rings is 1. The number of amides is 1. The molecular formula is C14H22N4O2. The van der Waals surface area contributed by atoms with E-state index in [1.54, 1.807) is 12.3 Å². The van der Waals surface area contributed by atoms with Crippen molar-refractivity contribution < 1.29 is 9.90 Å². The third-order valence-electron chi connectivity index (χ3n) is 3.79. The molecule has 6 nitrogen and oxygen atoms in total. The maximum absolute atomic E-state index is 11.3. The van der Waals surface area contributed by atoms with E-state index < -0.39 is 0 Å². The molecule has 20 heavy (non-hydrogen) atoms. The summed E-state index contributed by atoms with van der Waals surface area (Å²) in [6.45, 7) is 2.02. The number of likely N-dealkylation sites (tertiary alicyclic amines) is 1. The first-order valence-corrected chi connectivity index (χ1v) is 7.05. The predicted molar refractivity (Wildman–Crippen MR) is 75.6 cm³/mol. The molecule has 1 amide bonds. The van der Waals surface area contributed by atoms with E-state index in [-0.39, 0.29) is 12.5 Å². The third kappa shape index (κ3) is 3.75. The zero-order chi connectivity index (χ0) is 14.4. The van der Waals surface area contributed by atoms with Gasteiger partial charge in [0.25, 0.3) is 5.91 Å². The van der Waals surface area contributed by atoms with Crippen LogP contribution in [-0.2, 0) is 6.54 Å². The van der Waals surface area contributed by atoms with Gasteiger partial charge in [-0.1, -0.05) is 6.42 Å². The molecule has 110 valence electrons. The number of carbonyl (C=O) groups is 1. The molecule has 1 aromatic rings. The number of aromatic nitrogens is 1. The second-order valence-corrected chi connectivity index (χ2v) is 5.14. The number of aliphatic hydroxyl groups is 1. The monoisotopic (exact) mass is 278 g/mol. The predicted octanol–water partition coefficient (Wildman–Crippen LogP) is 0.422. The number of nitrogens with two attached hydrogens (primary N) is 1. The molecule has 0 saturated carbocycles. The molecule has 1 aliphatic heterocycles. The number of aliphatic hydroxyl groups excluding tert-OH is 1. The quantitative estimate of drug-likeness (QED) is 0.412. The largest absolute Gasteiger partial charge is 0.396 e. The van der Waals surface area contributed by atoms with E-state index in [4.69, 9.17) is 10.9 Å². The van der Waals surface area contributed by atoms with Crippen LogP contribution >= 0.6 is 0 Å². The van der Waals surface area contributed by atoms with Crippen molar-refractivity contribution in [3.05, 3.63) is 29.6 Å². The number of pyridine rings is 1. The van der Waals surface area contributed by atoms with E-state index in [0.717, 1.165) is 31.6 Å². The lowest BCUT2D eigenvalue weighted by molar-refractivity contribution is 0.0952. The van der Waals surface area contributed by atoms with Crippen LogP contribution in [0.3, 0.4) is 0 Å². The maximum atomic E-state index is 11.3. The number of nitrogens with zero attached hydrogens (tertiary/aromatic N) is 2. The summed E-state index contributed by atoms with van der Waals surface area (Å²) in [5, 5.41) is 9.13. The molecule has 1 saturated heterocycles. The molecule has 1 aliphatic rings. The van der Waals surface area contributed by atoms with Crippen LogP contribution in [0.2, 0.25) is 0 Å². The highest BCUT2D eigenvalue weighted by molar-refractivity contribution is 5.93. The van der Waals surface area contributed by atoms with Crippen LogP contribution in [0.15, 0.2) is 18.3 Å². The van der Waals surface area contributed by atoms with Gasteiger partial charge in [-0.05, 0) is 37.9 Å². The van der Waals surface area contributed by atoms with Gasteiger partial charge in [0.2, 0.25) is 0 Å². The molecule has 1 atom stereocenters. The Morgan fingerprint density at radius 3 is 3.00 bits per heavy atom. The van der Waals surface area contributed by atoms with Gasteiger partial charge in [-0.25, -0.2) is 5.84 Å².